The zero-order valence-electron chi connectivity index (χ0n) is 76.2. The average molecular weight is 2130 g/mol. The van der Waals surface area contributed by atoms with Crippen LogP contribution in [0.15, 0.2) is 510 Å². The summed E-state index contributed by atoms with van der Waals surface area (Å²) in [4.78, 5) is 18.4. The van der Waals surface area contributed by atoms with Crippen LogP contribution in [0.5, 0.6) is 23.0 Å². The van der Waals surface area contributed by atoms with E-state index in [1.807, 2.05) is 72.8 Å². The summed E-state index contributed by atoms with van der Waals surface area (Å²) < 4.78 is 137. The zero-order valence-corrected chi connectivity index (χ0v) is 83.4. The van der Waals surface area contributed by atoms with Crippen LogP contribution >= 0.6 is 47.3 Å². The molecule has 21 rings (SSSR count). The van der Waals surface area contributed by atoms with Crippen LogP contribution in [0, 0.1) is 0 Å². The molecule has 0 spiro atoms. The van der Waals surface area contributed by atoms with E-state index in [1.54, 1.807) is 12.4 Å². The van der Waals surface area contributed by atoms with Crippen molar-refractivity contribution < 1.29 is 98.7 Å². The Kier molecular flexibility index (Phi) is 36.6. The van der Waals surface area contributed by atoms with Crippen molar-refractivity contribution in [3.63, 3.8) is 0 Å². The third kappa shape index (κ3) is 33.3. The van der Waals surface area contributed by atoms with Crippen molar-refractivity contribution in [3.05, 3.63) is 510 Å². The third-order valence-corrected chi connectivity index (χ3v) is 31.2. The van der Waals surface area contributed by atoms with Crippen LogP contribution in [-0.2, 0) is 38.9 Å². The minimum absolute atomic E-state index is 0. The molecule has 1 aliphatic rings. The summed E-state index contributed by atoms with van der Waals surface area (Å²) in [5.74, 6) is 3.61. The van der Waals surface area contributed by atoms with E-state index in [9.17, 15) is 50.4 Å². The Bertz CT molecular complexity index is 6540. The normalized spacial score (nSPS) is 12.4. The van der Waals surface area contributed by atoms with E-state index in [0.717, 1.165) is 81.5 Å². The van der Waals surface area contributed by atoms with Gasteiger partial charge in [-0.2, -0.15) is 0 Å². The number of nitrogens with zero attached hydrogens (tertiary/aromatic N) is 4. The monoisotopic (exact) mass is 2130 g/mol. The van der Waals surface area contributed by atoms with E-state index >= 15 is 0 Å². The quantitative estimate of drug-likeness (QED) is 0.0427. The number of benzene rings is 16. The first kappa shape index (κ1) is 107. The van der Waals surface area contributed by atoms with Crippen LogP contribution in [0.1, 0.15) is 12.8 Å². The molecule has 27 heteroatoms. The maximum absolute atomic E-state index is 10.7. The molecule has 0 bridgehead atoms. The van der Waals surface area contributed by atoms with E-state index in [2.05, 4.69) is 435 Å². The van der Waals surface area contributed by atoms with Crippen molar-refractivity contribution in [2.45, 2.75) is 12.8 Å². The second kappa shape index (κ2) is 48.8. The molecular weight excluding hydrogens is 2040 g/mol. The first-order valence-corrected chi connectivity index (χ1v) is 54.2. The molecular formula is C116H92Cu2F12N4O3P6. The Balaban J connectivity index is 0.000000153. The summed E-state index contributed by atoms with van der Waals surface area (Å²) >= 11 is 0. The van der Waals surface area contributed by atoms with Crippen LogP contribution in [0.25, 0.3) is 66.8 Å². The van der Waals surface area contributed by atoms with Gasteiger partial charge in [-0.25, -0.2) is 9.97 Å². The Morgan fingerprint density at radius 1 is 0.203 bits per heavy atom. The number of hydrogen-bond acceptors (Lipinski definition) is 7. The predicted molar refractivity (Wildman–Crippen MR) is 569 cm³/mol. The molecule has 16 aromatic carbocycles. The smallest absolute Gasteiger partial charge is 0.456 e. The number of hydrogen-bond donors (Lipinski definition) is 0. The van der Waals surface area contributed by atoms with E-state index in [4.69, 9.17) is 24.2 Å². The summed E-state index contributed by atoms with van der Waals surface area (Å²) in [6, 6.07) is 174. The largest absolute Gasteiger partial charge is 1.00 e. The maximum Gasteiger partial charge on any atom is 1.00 e. The van der Waals surface area contributed by atoms with Gasteiger partial charge in [0.2, 0.25) is 0 Å². The minimum atomic E-state index is -10.7. The van der Waals surface area contributed by atoms with E-state index < -0.39 is 47.3 Å². The molecule has 0 radical (unpaired) electrons. The summed E-state index contributed by atoms with van der Waals surface area (Å²) in [5, 5.41) is 20.2. The fourth-order valence-electron chi connectivity index (χ4n) is 15.4. The fraction of sp³-hybridized carbons (Fsp3) is 0.0345. The summed E-state index contributed by atoms with van der Waals surface area (Å²) in [5.41, 5.74) is 7.82. The standard InChI is InChI=1S/2C36H28OP2.2C20H14N2.C4H8O.2Cu.2F6P/c2*1-5-17-29(18-6-1)38(30-19-7-2-8-20-30)35-27-15-13-25-33(35)37-34-26-14-16-28-36(34)39(31-21-9-3-10-22-31)32-23-11-4-12-24-32;2*1-2-9-16-15(7-1)8-5-10-17(16)18-12-6-13-20(22-18)19-11-3-4-14-21-19;1-2-4-5-3-1;;;2*1-7(2,3,4,5)6/h2*1-28H;2*1-14H;1-4H2;;;;/q;;;;;2*+1;2*-1. The van der Waals surface area contributed by atoms with E-state index in [0.29, 0.717) is 0 Å². The molecule has 0 N–H and O–H groups in total. The van der Waals surface area contributed by atoms with Gasteiger partial charge in [-0.1, -0.05) is 425 Å². The average Bonchev–Trinajstić information content (AvgIpc) is 1.69. The Morgan fingerprint density at radius 2 is 0.399 bits per heavy atom. The number of rotatable bonds is 20. The Morgan fingerprint density at radius 3 is 0.629 bits per heavy atom. The predicted octanol–water partition coefficient (Wildman–Crippen LogP) is 31.5. The van der Waals surface area contributed by atoms with Gasteiger partial charge in [0.25, 0.3) is 0 Å². The molecule has 1 fully saturated rings. The Hall–Kier alpha value is -13.0. The third-order valence-electron chi connectivity index (χ3n) is 21.3. The van der Waals surface area contributed by atoms with Crippen molar-refractivity contribution in [2.75, 3.05) is 13.2 Å². The number of halogens is 12. The van der Waals surface area contributed by atoms with Crippen molar-refractivity contribution in [1.82, 2.24) is 19.9 Å². The van der Waals surface area contributed by atoms with Crippen molar-refractivity contribution in [1.29, 1.82) is 0 Å². The number of ether oxygens (including phenoxy) is 3. The number of fused-ring (bicyclic) bond motifs is 2. The van der Waals surface area contributed by atoms with Crippen LogP contribution < -0.4 is 73.1 Å². The topological polar surface area (TPSA) is 79.3 Å². The summed E-state index contributed by atoms with van der Waals surface area (Å²) in [6.07, 6.45) is 6.14. The molecule has 143 heavy (non-hydrogen) atoms. The van der Waals surface area contributed by atoms with Crippen LogP contribution in [0.2, 0.25) is 0 Å². The van der Waals surface area contributed by atoms with E-state index in [-0.39, 0.29) is 34.1 Å². The van der Waals surface area contributed by atoms with Crippen LogP contribution in [0.4, 0.5) is 50.4 Å². The molecule has 730 valence electrons. The molecule has 7 nitrogen and oxygen atoms in total. The first-order valence-electron chi connectivity index (χ1n) is 44.8. The van der Waals surface area contributed by atoms with Gasteiger partial charge < -0.3 is 14.2 Å². The van der Waals surface area contributed by atoms with Crippen LogP contribution in [0.3, 0.4) is 0 Å². The van der Waals surface area contributed by atoms with Crippen molar-refractivity contribution in [3.8, 4) is 68.3 Å². The van der Waals surface area contributed by atoms with Gasteiger partial charge in [0.1, 0.15) is 23.0 Å². The molecule has 0 atom stereocenters. The molecule has 1 saturated heterocycles. The fourth-order valence-corrected chi connectivity index (χ4v) is 24.8. The van der Waals surface area contributed by atoms with Crippen molar-refractivity contribution >= 4 is 133 Å². The second-order valence-corrected chi connectivity index (χ2v) is 44.2. The second-order valence-electron chi connectivity index (χ2n) is 31.6. The maximum atomic E-state index is 9.87. The van der Waals surface area contributed by atoms with Gasteiger partial charge in [-0.15, -0.1) is 0 Å². The molecule has 0 aliphatic carbocycles. The molecule has 20 aromatic rings. The van der Waals surface area contributed by atoms with Gasteiger partial charge in [0.05, 0.1) is 34.2 Å². The SMILES string of the molecule is C1CCOC1.F[P-](F)(F)(F)(F)F.F[P-](F)(F)(F)(F)F.[Cu+].[Cu+].c1ccc(-c2cccc(-c3cccc4ccccc34)n2)nc1.c1ccc(-c2cccc(-c3cccc4ccccc34)n2)nc1.c1ccc(P(c2ccccc2)c2ccccc2Oc2ccccc2P(c2ccccc2)c2ccccc2)cc1.c1ccc(P(c2ccccc2)c2ccccc2Oc2ccccc2P(c2ccccc2)c2ccccc2)cc1. The molecule has 0 saturated carbocycles. The van der Waals surface area contributed by atoms with Gasteiger partial charge >= 0.3 is 100 Å². The Labute approximate surface area is 849 Å². The van der Waals surface area contributed by atoms with Crippen LogP contribution in [-0.4, -0.2) is 33.1 Å². The zero-order chi connectivity index (χ0) is 98.5. The molecule has 5 heterocycles. The van der Waals surface area contributed by atoms with Gasteiger partial charge in [-0.3, -0.25) is 9.97 Å². The van der Waals surface area contributed by atoms with Gasteiger partial charge in [0, 0.05) is 58.0 Å². The molecule has 4 aromatic heterocycles. The number of para-hydroxylation sites is 4. The molecule has 1 aliphatic heterocycles. The van der Waals surface area contributed by atoms with E-state index in [1.165, 1.54) is 98.0 Å². The summed E-state index contributed by atoms with van der Waals surface area (Å²) in [6.45, 7) is 2.00. The summed E-state index contributed by atoms with van der Waals surface area (Å²) in [7, 11) is -24.5. The first-order chi connectivity index (χ1) is 68.0. The van der Waals surface area contributed by atoms with Gasteiger partial charge in [-0.05, 0) is 181 Å². The minimum Gasteiger partial charge on any atom is -0.456 e. The number of pyridine rings is 4. The molecule has 0 unspecified atom stereocenters. The molecule has 0 amide bonds. The van der Waals surface area contributed by atoms with Crippen molar-refractivity contribution in [2.24, 2.45) is 0 Å². The number of aromatic nitrogens is 4. The van der Waals surface area contributed by atoms with Gasteiger partial charge in [0.15, 0.2) is 0 Å².